The van der Waals surface area contributed by atoms with Gasteiger partial charge in [0.15, 0.2) is 0 Å². The molecule has 2 unspecified atom stereocenters. The lowest BCUT2D eigenvalue weighted by atomic mass is 10.00. The topological polar surface area (TPSA) is 60.2 Å². The zero-order valence-corrected chi connectivity index (χ0v) is 11.8. The maximum atomic E-state index is 5.86. The molecule has 2 rings (SSSR count). The average Bonchev–Trinajstić information content (AvgIpc) is 2.96. The van der Waals surface area contributed by atoms with Crippen molar-refractivity contribution in [1.29, 1.82) is 0 Å². The van der Waals surface area contributed by atoms with Crippen molar-refractivity contribution in [2.45, 2.75) is 25.5 Å². The Bertz CT molecular complexity index is 461. The van der Waals surface area contributed by atoms with E-state index in [4.69, 9.17) is 10.6 Å². The number of ether oxygens (including phenoxy) is 1. The molecule has 0 aliphatic carbocycles. The third kappa shape index (κ3) is 3.84. The van der Waals surface area contributed by atoms with E-state index < -0.39 is 0 Å². The van der Waals surface area contributed by atoms with E-state index >= 15 is 0 Å². The summed E-state index contributed by atoms with van der Waals surface area (Å²) in [4.78, 5) is 4.31. The quantitative estimate of drug-likeness (QED) is 0.602. The van der Waals surface area contributed by atoms with Crippen LogP contribution < -0.4 is 11.3 Å². The van der Waals surface area contributed by atoms with Gasteiger partial charge in [0.05, 0.1) is 17.2 Å². The minimum atomic E-state index is -0.0694. The molecular weight excluding hydrogens is 258 g/mol. The maximum absolute atomic E-state index is 5.86. The first-order valence-corrected chi connectivity index (χ1v) is 7.24. The standard InChI is InChI=1S/C14H19N3OS/c1-2-18-14(11-6-4-3-5-7-11)12(17-15)10-13-16-8-9-19-13/h3-9,12,14,17H,2,10,15H2,1H3. The van der Waals surface area contributed by atoms with Crippen molar-refractivity contribution < 1.29 is 4.74 Å². The van der Waals surface area contributed by atoms with Gasteiger partial charge in [-0.05, 0) is 12.5 Å². The zero-order valence-electron chi connectivity index (χ0n) is 11.0. The van der Waals surface area contributed by atoms with E-state index in [0.717, 1.165) is 17.0 Å². The highest BCUT2D eigenvalue weighted by atomic mass is 32.1. The van der Waals surface area contributed by atoms with Gasteiger partial charge in [-0.25, -0.2) is 4.98 Å². The highest BCUT2D eigenvalue weighted by Crippen LogP contribution is 2.24. The van der Waals surface area contributed by atoms with Gasteiger partial charge in [0.25, 0.3) is 0 Å². The monoisotopic (exact) mass is 277 g/mol. The Labute approximate surface area is 117 Å². The van der Waals surface area contributed by atoms with E-state index in [1.807, 2.05) is 36.7 Å². The number of hydrazine groups is 1. The van der Waals surface area contributed by atoms with E-state index in [1.165, 1.54) is 0 Å². The van der Waals surface area contributed by atoms with Crippen LogP contribution in [-0.2, 0) is 11.2 Å². The molecule has 0 saturated heterocycles. The van der Waals surface area contributed by atoms with Crippen LogP contribution in [0, 0.1) is 0 Å². The molecule has 102 valence electrons. The van der Waals surface area contributed by atoms with E-state index in [1.54, 1.807) is 11.3 Å². The third-order valence-corrected chi connectivity index (χ3v) is 3.73. The molecular formula is C14H19N3OS. The maximum Gasteiger partial charge on any atom is 0.0995 e. The second-order valence-corrected chi connectivity index (χ2v) is 5.17. The van der Waals surface area contributed by atoms with Crippen molar-refractivity contribution in [2.75, 3.05) is 6.61 Å². The highest BCUT2D eigenvalue weighted by molar-refractivity contribution is 7.09. The van der Waals surface area contributed by atoms with Crippen molar-refractivity contribution in [3.8, 4) is 0 Å². The Hall–Kier alpha value is -1.27. The third-order valence-electron chi connectivity index (χ3n) is 2.93. The van der Waals surface area contributed by atoms with Crippen LogP contribution in [0.4, 0.5) is 0 Å². The number of hydrogen-bond donors (Lipinski definition) is 2. The number of benzene rings is 1. The summed E-state index contributed by atoms with van der Waals surface area (Å²) in [5.74, 6) is 5.70. The molecule has 5 heteroatoms. The van der Waals surface area contributed by atoms with Gasteiger partial charge in [-0.3, -0.25) is 11.3 Å². The van der Waals surface area contributed by atoms with Gasteiger partial charge < -0.3 is 4.74 Å². The molecule has 0 saturated carbocycles. The van der Waals surface area contributed by atoms with Crippen molar-refractivity contribution >= 4 is 11.3 Å². The first-order chi connectivity index (χ1) is 9.35. The average molecular weight is 277 g/mol. The molecule has 0 radical (unpaired) electrons. The molecule has 1 heterocycles. The van der Waals surface area contributed by atoms with Crippen LogP contribution in [0.5, 0.6) is 0 Å². The molecule has 0 spiro atoms. The predicted molar refractivity (Wildman–Crippen MR) is 77.7 cm³/mol. The van der Waals surface area contributed by atoms with Crippen molar-refractivity contribution in [3.63, 3.8) is 0 Å². The van der Waals surface area contributed by atoms with E-state index in [0.29, 0.717) is 6.61 Å². The lowest BCUT2D eigenvalue weighted by Crippen LogP contribution is -2.42. The molecule has 2 atom stereocenters. The SMILES string of the molecule is CCOC(c1ccccc1)C(Cc1nccs1)NN. The normalized spacial score (nSPS) is 14.2. The van der Waals surface area contributed by atoms with Crippen LogP contribution in [0.2, 0.25) is 0 Å². The molecule has 0 aliphatic heterocycles. The molecule has 2 aromatic rings. The number of nitrogens with one attached hydrogen (secondary N) is 1. The summed E-state index contributed by atoms with van der Waals surface area (Å²) in [6.07, 6.45) is 2.50. The predicted octanol–water partition coefficient (Wildman–Crippen LogP) is 2.30. The van der Waals surface area contributed by atoms with Crippen LogP contribution in [-0.4, -0.2) is 17.6 Å². The van der Waals surface area contributed by atoms with Crippen molar-refractivity contribution in [2.24, 2.45) is 5.84 Å². The van der Waals surface area contributed by atoms with E-state index in [-0.39, 0.29) is 12.1 Å². The van der Waals surface area contributed by atoms with Gasteiger partial charge >= 0.3 is 0 Å². The lowest BCUT2D eigenvalue weighted by Gasteiger charge is -2.26. The summed E-state index contributed by atoms with van der Waals surface area (Å²) in [6.45, 7) is 2.64. The molecule has 0 bridgehead atoms. The Morgan fingerprint density at radius 1 is 1.37 bits per heavy atom. The summed E-state index contributed by atoms with van der Waals surface area (Å²) < 4.78 is 5.86. The minimum Gasteiger partial charge on any atom is -0.372 e. The van der Waals surface area contributed by atoms with Gasteiger partial charge in [-0.1, -0.05) is 30.3 Å². The Kier molecular flexibility index (Phi) is 5.47. The number of thiazole rings is 1. The van der Waals surface area contributed by atoms with E-state index in [9.17, 15) is 0 Å². The van der Waals surface area contributed by atoms with Crippen LogP contribution >= 0.6 is 11.3 Å². The second-order valence-electron chi connectivity index (χ2n) is 4.19. The smallest absolute Gasteiger partial charge is 0.0995 e. The van der Waals surface area contributed by atoms with Crippen LogP contribution in [0.25, 0.3) is 0 Å². The summed E-state index contributed by atoms with van der Waals surface area (Å²) >= 11 is 1.64. The van der Waals surface area contributed by atoms with Gasteiger partial charge in [0.2, 0.25) is 0 Å². The molecule has 3 N–H and O–H groups in total. The minimum absolute atomic E-state index is 0.00787. The summed E-state index contributed by atoms with van der Waals surface area (Å²) in [6, 6.07) is 10.2. The van der Waals surface area contributed by atoms with Gasteiger partial charge in [0.1, 0.15) is 0 Å². The van der Waals surface area contributed by atoms with Gasteiger partial charge in [0, 0.05) is 24.6 Å². The van der Waals surface area contributed by atoms with E-state index in [2.05, 4.69) is 22.5 Å². The van der Waals surface area contributed by atoms with Crippen molar-refractivity contribution in [3.05, 3.63) is 52.5 Å². The lowest BCUT2D eigenvalue weighted by molar-refractivity contribution is 0.0332. The Morgan fingerprint density at radius 3 is 2.74 bits per heavy atom. The Morgan fingerprint density at radius 2 is 2.16 bits per heavy atom. The number of hydrogen-bond acceptors (Lipinski definition) is 5. The van der Waals surface area contributed by atoms with Crippen LogP contribution in [0.1, 0.15) is 23.6 Å². The fourth-order valence-electron chi connectivity index (χ4n) is 2.06. The summed E-state index contributed by atoms with van der Waals surface area (Å²) in [5, 5.41) is 3.03. The van der Waals surface area contributed by atoms with Gasteiger partial charge in [-0.15, -0.1) is 11.3 Å². The molecule has 4 nitrogen and oxygen atoms in total. The highest BCUT2D eigenvalue weighted by Gasteiger charge is 2.23. The van der Waals surface area contributed by atoms with Crippen LogP contribution in [0.3, 0.4) is 0 Å². The first kappa shape index (κ1) is 14.1. The van der Waals surface area contributed by atoms with Crippen LogP contribution in [0.15, 0.2) is 41.9 Å². The molecule has 0 aliphatic rings. The molecule has 0 amide bonds. The summed E-state index contributed by atoms with van der Waals surface area (Å²) in [5.41, 5.74) is 3.99. The largest absolute Gasteiger partial charge is 0.372 e. The number of rotatable bonds is 7. The first-order valence-electron chi connectivity index (χ1n) is 6.36. The fraction of sp³-hybridized carbons (Fsp3) is 0.357. The molecule has 19 heavy (non-hydrogen) atoms. The second kappa shape index (κ2) is 7.35. The molecule has 1 aromatic carbocycles. The number of nitrogens with two attached hydrogens (primary N) is 1. The summed E-state index contributed by atoms with van der Waals surface area (Å²) in [7, 11) is 0. The van der Waals surface area contributed by atoms with Crippen molar-refractivity contribution in [1.82, 2.24) is 10.4 Å². The molecule has 0 fully saturated rings. The zero-order chi connectivity index (χ0) is 13.5. The number of nitrogens with zero attached hydrogens (tertiary/aromatic N) is 1. The van der Waals surface area contributed by atoms with Gasteiger partial charge in [-0.2, -0.15) is 0 Å². The number of aromatic nitrogens is 1. The molecule has 1 aromatic heterocycles. The Balaban J connectivity index is 2.16. The fourth-order valence-corrected chi connectivity index (χ4v) is 2.74.